The third kappa shape index (κ3) is 3.00. The summed E-state index contributed by atoms with van der Waals surface area (Å²) in [5.74, 6) is 1.13. The predicted octanol–water partition coefficient (Wildman–Crippen LogP) is 3.53. The number of aromatic hydroxyl groups is 1. The topological polar surface area (TPSA) is 29.5 Å². The third-order valence-electron chi connectivity index (χ3n) is 2.68. The predicted molar refractivity (Wildman–Crippen MR) is 68.3 cm³/mol. The van der Waals surface area contributed by atoms with E-state index in [4.69, 9.17) is 4.74 Å². The second-order valence-electron chi connectivity index (χ2n) is 3.92. The molecule has 88 valence electrons. The van der Waals surface area contributed by atoms with E-state index in [0.717, 1.165) is 23.3 Å². The maximum Gasteiger partial charge on any atom is 0.120 e. The standard InChI is InChI=1S/C15H16O2/c1-2-13-10-14(8-9-15(13)16)17-11-12-6-4-3-5-7-12/h3-10,16H,2,11H2,1H3. The van der Waals surface area contributed by atoms with Crippen LogP contribution in [0.4, 0.5) is 0 Å². The van der Waals surface area contributed by atoms with Gasteiger partial charge in [0.15, 0.2) is 0 Å². The quantitative estimate of drug-likeness (QED) is 0.867. The number of phenols is 1. The molecule has 0 atom stereocenters. The van der Waals surface area contributed by atoms with E-state index in [9.17, 15) is 5.11 Å². The van der Waals surface area contributed by atoms with Crippen molar-refractivity contribution in [2.45, 2.75) is 20.0 Å². The Hall–Kier alpha value is -1.96. The van der Waals surface area contributed by atoms with Gasteiger partial charge in [0.05, 0.1) is 0 Å². The van der Waals surface area contributed by atoms with E-state index in [0.29, 0.717) is 12.4 Å². The molecule has 0 heterocycles. The zero-order chi connectivity index (χ0) is 12.1. The number of benzene rings is 2. The second kappa shape index (κ2) is 5.39. The van der Waals surface area contributed by atoms with Crippen molar-refractivity contribution in [2.75, 3.05) is 0 Å². The molecular formula is C15H16O2. The van der Waals surface area contributed by atoms with Crippen LogP contribution in [0.25, 0.3) is 0 Å². The van der Waals surface area contributed by atoms with Crippen LogP contribution in [-0.2, 0) is 13.0 Å². The Bertz CT molecular complexity index is 478. The van der Waals surface area contributed by atoms with Crippen molar-refractivity contribution in [2.24, 2.45) is 0 Å². The summed E-state index contributed by atoms with van der Waals surface area (Å²) in [7, 11) is 0. The molecule has 2 rings (SSSR count). The molecule has 0 saturated heterocycles. The van der Waals surface area contributed by atoms with E-state index >= 15 is 0 Å². The molecule has 0 saturated carbocycles. The normalized spacial score (nSPS) is 10.2. The summed E-state index contributed by atoms with van der Waals surface area (Å²) >= 11 is 0. The Morgan fingerprint density at radius 1 is 1.06 bits per heavy atom. The zero-order valence-electron chi connectivity index (χ0n) is 9.89. The lowest BCUT2D eigenvalue weighted by Gasteiger charge is -2.08. The molecule has 0 radical (unpaired) electrons. The highest BCUT2D eigenvalue weighted by molar-refractivity contribution is 5.39. The first kappa shape index (κ1) is 11.5. The van der Waals surface area contributed by atoms with Gasteiger partial charge in [-0.1, -0.05) is 37.3 Å². The van der Waals surface area contributed by atoms with Gasteiger partial charge < -0.3 is 9.84 Å². The molecule has 0 aliphatic rings. The van der Waals surface area contributed by atoms with Crippen LogP contribution in [0.15, 0.2) is 48.5 Å². The van der Waals surface area contributed by atoms with Gasteiger partial charge in [-0.25, -0.2) is 0 Å². The highest BCUT2D eigenvalue weighted by Crippen LogP contribution is 2.23. The lowest BCUT2D eigenvalue weighted by Crippen LogP contribution is -1.95. The largest absolute Gasteiger partial charge is 0.508 e. The molecule has 0 fully saturated rings. The fourth-order valence-corrected chi connectivity index (χ4v) is 1.68. The second-order valence-corrected chi connectivity index (χ2v) is 3.92. The molecule has 2 heteroatoms. The molecule has 0 spiro atoms. The first-order valence-corrected chi connectivity index (χ1v) is 5.78. The number of phenolic OH excluding ortho intramolecular Hbond substituents is 1. The van der Waals surface area contributed by atoms with Gasteiger partial charge in [-0.3, -0.25) is 0 Å². The Labute approximate surface area is 101 Å². The SMILES string of the molecule is CCc1cc(OCc2ccccc2)ccc1O. The van der Waals surface area contributed by atoms with Gasteiger partial charge in [-0.2, -0.15) is 0 Å². The molecule has 0 unspecified atom stereocenters. The highest BCUT2D eigenvalue weighted by atomic mass is 16.5. The van der Waals surface area contributed by atoms with Crippen LogP contribution in [0, 0.1) is 0 Å². The van der Waals surface area contributed by atoms with Gasteiger partial charge in [0.1, 0.15) is 18.1 Å². The Morgan fingerprint density at radius 3 is 2.53 bits per heavy atom. The van der Waals surface area contributed by atoms with Crippen molar-refractivity contribution in [3.05, 3.63) is 59.7 Å². The van der Waals surface area contributed by atoms with E-state index in [-0.39, 0.29) is 0 Å². The molecule has 0 aliphatic heterocycles. The minimum Gasteiger partial charge on any atom is -0.508 e. The van der Waals surface area contributed by atoms with Gasteiger partial charge in [0.2, 0.25) is 0 Å². The van der Waals surface area contributed by atoms with Crippen LogP contribution >= 0.6 is 0 Å². The Morgan fingerprint density at radius 2 is 1.82 bits per heavy atom. The van der Waals surface area contributed by atoms with E-state index < -0.39 is 0 Å². The van der Waals surface area contributed by atoms with Crippen molar-refractivity contribution < 1.29 is 9.84 Å². The lowest BCUT2D eigenvalue weighted by atomic mass is 10.1. The average molecular weight is 228 g/mol. The Balaban J connectivity index is 2.04. The van der Waals surface area contributed by atoms with E-state index in [2.05, 4.69) is 0 Å². The first-order chi connectivity index (χ1) is 8.29. The molecule has 0 bridgehead atoms. The van der Waals surface area contributed by atoms with Crippen molar-refractivity contribution >= 4 is 0 Å². The van der Waals surface area contributed by atoms with Gasteiger partial charge in [-0.15, -0.1) is 0 Å². The van der Waals surface area contributed by atoms with E-state index in [1.165, 1.54) is 0 Å². The maximum absolute atomic E-state index is 9.56. The fourth-order valence-electron chi connectivity index (χ4n) is 1.68. The number of rotatable bonds is 4. The molecule has 2 nitrogen and oxygen atoms in total. The number of aryl methyl sites for hydroxylation is 1. The van der Waals surface area contributed by atoms with Crippen molar-refractivity contribution in [3.63, 3.8) is 0 Å². The highest BCUT2D eigenvalue weighted by Gasteiger charge is 2.01. The summed E-state index contributed by atoms with van der Waals surface area (Å²) in [5, 5.41) is 9.56. The summed E-state index contributed by atoms with van der Waals surface area (Å²) in [6.07, 6.45) is 0.800. The minimum atomic E-state index is 0.333. The summed E-state index contributed by atoms with van der Waals surface area (Å²) in [6, 6.07) is 15.4. The average Bonchev–Trinajstić information content (AvgIpc) is 2.39. The Kier molecular flexibility index (Phi) is 3.66. The van der Waals surface area contributed by atoms with Gasteiger partial charge in [0, 0.05) is 0 Å². The minimum absolute atomic E-state index is 0.333. The van der Waals surface area contributed by atoms with Gasteiger partial charge in [0.25, 0.3) is 0 Å². The van der Waals surface area contributed by atoms with Gasteiger partial charge >= 0.3 is 0 Å². The molecular weight excluding hydrogens is 212 g/mol. The third-order valence-corrected chi connectivity index (χ3v) is 2.68. The number of hydrogen-bond acceptors (Lipinski definition) is 2. The summed E-state index contributed by atoms with van der Waals surface area (Å²) in [5.41, 5.74) is 2.05. The summed E-state index contributed by atoms with van der Waals surface area (Å²) in [6.45, 7) is 2.56. The van der Waals surface area contributed by atoms with Crippen LogP contribution in [-0.4, -0.2) is 5.11 Å². The van der Waals surface area contributed by atoms with E-state index in [1.807, 2.05) is 43.3 Å². The van der Waals surface area contributed by atoms with Crippen molar-refractivity contribution in [1.29, 1.82) is 0 Å². The lowest BCUT2D eigenvalue weighted by molar-refractivity contribution is 0.305. The van der Waals surface area contributed by atoms with Crippen molar-refractivity contribution in [3.8, 4) is 11.5 Å². The molecule has 2 aromatic carbocycles. The number of ether oxygens (including phenoxy) is 1. The molecule has 0 aliphatic carbocycles. The maximum atomic E-state index is 9.56. The zero-order valence-corrected chi connectivity index (χ0v) is 9.89. The fraction of sp³-hybridized carbons (Fsp3) is 0.200. The summed E-state index contributed by atoms with van der Waals surface area (Å²) in [4.78, 5) is 0. The van der Waals surface area contributed by atoms with Crippen molar-refractivity contribution in [1.82, 2.24) is 0 Å². The molecule has 1 N–H and O–H groups in total. The van der Waals surface area contributed by atoms with E-state index in [1.54, 1.807) is 12.1 Å². The molecule has 17 heavy (non-hydrogen) atoms. The smallest absolute Gasteiger partial charge is 0.120 e. The molecule has 0 amide bonds. The monoisotopic (exact) mass is 228 g/mol. The van der Waals surface area contributed by atoms with Crippen LogP contribution < -0.4 is 4.74 Å². The first-order valence-electron chi connectivity index (χ1n) is 5.78. The van der Waals surface area contributed by atoms with Gasteiger partial charge in [-0.05, 0) is 35.7 Å². The van der Waals surface area contributed by atoms with Crippen LogP contribution in [0.3, 0.4) is 0 Å². The summed E-state index contributed by atoms with van der Waals surface area (Å²) < 4.78 is 5.68. The van der Waals surface area contributed by atoms with Crippen LogP contribution in [0.1, 0.15) is 18.1 Å². The van der Waals surface area contributed by atoms with Crippen LogP contribution in [0.2, 0.25) is 0 Å². The molecule has 2 aromatic rings. The van der Waals surface area contributed by atoms with Crippen LogP contribution in [0.5, 0.6) is 11.5 Å². The number of hydrogen-bond donors (Lipinski definition) is 1. The molecule has 0 aromatic heterocycles.